The lowest BCUT2D eigenvalue weighted by molar-refractivity contribution is 0.0974. The predicted molar refractivity (Wildman–Crippen MR) is 161 cm³/mol. The van der Waals surface area contributed by atoms with Crippen molar-refractivity contribution in [2.45, 2.75) is 51.8 Å². The summed E-state index contributed by atoms with van der Waals surface area (Å²) in [6.07, 6.45) is 4.77. The summed E-state index contributed by atoms with van der Waals surface area (Å²) in [5.41, 5.74) is 4.17. The zero-order chi connectivity index (χ0) is 29.5. The van der Waals surface area contributed by atoms with E-state index >= 15 is 4.39 Å². The number of amides is 1. The van der Waals surface area contributed by atoms with Crippen molar-refractivity contribution in [1.82, 2.24) is 14.3 Å². The van der Waals surface area contributed by atoms with Gasteiger partial charge in [-0.15, -0.1) is 0 Å². The summed E-state index contributed by atoms with van der Waals surface area (Å²) in [5.74, 6) is -1.33. The van der Waals surface area contributed by atoms with Crippen LogP contribution in [0.4, 0.5) is 4.39 Å². The molecule has 4 aromatic rings. The van der Waals surface area contributed by atoms with E-state index in [9.17, 15) is 18.0 Å². The molecule has 2 N–H and O–H groups in total. The van der Waals surface area contributed by atoms with Crippen molar-refractivity contribution >= 4 is 32.9 Å². The summed E-state index contributed by atoms with van der Waals surface area (Å²) < 4.78 is 44.9. The number of sulfonamides is 1. The van der Waals surface area contributed by atoms with Gasteiger partial charge in [-0.25, -0.2) is 17.5 Å². The Bertz CT molecular complexity index is 1900. The van der Waals surface area contributed by atoms with Gasteiger partial charge in [-0.3, -0.25) is 9.59 Å². The first-order chi connectivity index (χ1) is 19.5. The van der Waals surface area contributed by atoms with Gasteiger partial charge in [0, 0.05) is 29.3 Å². The monoisotopic (exact) mass is 573 g/mol. The van der Waals surface area contributed by atoms with Crippen molar-refractivity contribution in [2.24, 2.45) is 0 Å². The maximum atomic E-state index is 15.3. The van der Waals surface area contributed by atoms with E-state index in [1.807, 2.05) is 51.1 Å². The van der Waals surface area contributed by atoms with Gasteiger partial charge in [-0.2, -0.15) is 0 Å². The first-order valence-corrected chi connectivity index (χ1v) is 15.1. The molecule has 9 heteroatoms. The highest BCUT2D eigenvalue weighted by molar-refractivity contribution is 7.91. The van der Waals surface area contributed by atoms with E-state index in [0.29, 0.717) is 35.7 Å². The Morgan fingerprint density at radius 3 is 2.56 bits per heavy atom. The van der Waals surface area contributed by atoms with E-state index in [4.69, 9.17) is 0 Å². The van der Waals surface area contributed by atoms with Crippen LogP contribution >= 0.6 is 0 Å². The molecule has 212 valence electrons. The van der Waals surface area contributed by atoms with E-state index in [2.05, 4.69) is 16.3 Å². The Kier molecular flexibility index (Phi) is 7.57. The number of hydrogen-bond acceptors (Lipinski definition) is 4. The van der Waals surface area contributed by atoms with Crippen molar-refractivity contribution in [3.63, 3.8) is 0 Å². The summed E-state index contributed by atoms with van der Waals surface area (Å²) in [7, 11) is -3.92. The lowest BCUT2D eigenvalue weighted by Gasteiger charge is -2.16. The Morgan fingerprint density at radius 2 is 1.93 bits per heavy atom. The number of halogens is 1. The zero-order valence-corrected chi connectivity index (χ0v) is 24.1. The number of benzene rings is 2. The summed E-state index contributed by atoms with van der Waals surface area (Å²) in [6, 6.07) is 14.0. The molecule has 1 aliphatic carbocycles. The number of carbonyl (C=O) groups excluding carboxylic acids is 1. The SMILES string of the molecule is C=C(C)/C(=C\c1ccccc1C)Cn1c(C(=O)NS(=O)(=O)C2CC2)c(-c2ccc[nH]c2=O)c2cc(CC)c(F)cc21. The molecule has 5 rings (SSSR count). The van der Waals surface area contributed by atoms with Gasteiger partial charge in [-0.05, 0) is 85.7 Å². The minimum absolute atomic E-state index is 0.0366. The molecule has 0 spiro atoms. The molecule has 2 aromatic heterocycles. The normalized spacial score (nSPS) is 13.9. The van der Waals surface area contributed by atoms with Crippen molar-refractivity contribution in [2.75, 3.05) is 0 Å². The molecule has 0 saturated heterocycles. The third-order valence-corrected chi connectivity index (χ3v) is 9.33. The van der Waals surface area contributed by atoms with E-state index in [1.165, 1.54) is 12.3 Å². The van der Waals surface area contributed by atoms with Gasteiger partial charge >= 0.3 is 0 Å². The van der Waals surface area contributed by atoms with Gasteiger partial charge in [0.25, 0.3) is 11.5 Å². The number of nitrogens with zero attached hydrogens (tertiary/aromatic N) is 1. The molecule has 2 heterocycles. The molecule has 0 unspecified atom stereocenters. The average molecular weight is 574 g/mol. The van der Waals surface area contributed by atoms with Crippen molar-refractivity contribution in [3.05, 3.63) is 111 Å². The Morgan fingerprint density at radius 1 is 1.20 bits per heavy atom. The molecule has 0 aliphatic heterocycles. The number of allylic oxidation sites excluding steroid dienone is 2. The molecule has 0 atom stereocenters. The fraction of sp³-hybridized carbons (Fsp3) is 0.250. The van der Waals surface area contributed by atoms with Gasteiger partial charge in [-0.1, -0.05) is 43.3 Å². The second kappa shape index (κ2) is 11.0. The Labute approximate surface area is 238 Å². The zero-order valence-electron chi connectivity index (χ0n) is 23.3. The first-order valence-electron chi connectivity index (χ1n) is 13.5. The molecule has 2 aromatic carbocycles. The van der Waals surface area contributed by atoms with Gasteiger partial charge < -0.3 is 9.55 Å². The summed E-state index contributed by atoms with van der Waals surface area (Å²) in [5, 5.41) is -0.158. The van der Waals surface area contributed by atoms with Crippen LogP contribution in [0.1, 0.15) is 53.9 Å². The van der Waals surface area contributed by atoms with E-state index < -0.39 is 32.6 Å². The highest BCUT2D eigenvalue weighted by atomic mass is 32.2. The first kappa shape index (κ1) is 28.3. The Balaban J connectivity index is 1.83. The van der Waals surface area contributed by atoms with Crippen molar-refractivity contribution < 1.29 is 17.6 Å². The quantitative estimate of drug-likeness (QED) is 0.244. The predicted octanol–water partition coefficient (Wildman–Crippen LogP) is 5.89. The van der Waals surface area contributed by atoms with Gasteiger partial charge in [0.1, 0.15) is 11.5 Å². The lowest BCUT2D eigenvalue weighted by Crippen LogP contribution is -2.35. The summed E-state index contributed by atoms with van der Waals surface area (Å²) >= 11 is 0. The minimum atomic E-state index is -3.92. The van der Waals surface area contributed by atoms with Crippen LogP contribution in [-0.2, 0) is 23.0 Å². The number of aromatic amines is 1. The smallest absolute Gasteiger partial charge is 0.282 e. The second-order valence-electron chi connectivity index (χ2n) is 10.5. The molecule has 0 bridgehead atoms. The van der Waals surface area contributed by atoms with Crippen LogP contribution in [0.3, 0.4) is 0 Å². The largest absolute Gasteiger partial charge is 0.331 e. The van der Waals surface area contributed by atoms with Gasteiger partial charge in [0.2, 0.25) is 10.0 Å². The fourth-order valence-electron chi connectivity index (χ4n) is 5.03. The number of rotatable bonds is 9. The van der Waals surface area contributed by atoms with Crippen LogP contribution in [0, 0.1) is 12.7 Å². The summed E-state index contributed by atoms with van der Waals surface area (Å²) in [4.78, 5) is 29.6. The molecule has 0 radical (unpaired) electrons. The molecule has 7 nitrogen and oxygen atoms in total. The van der Waals surface area contributed by atoms with Crippen LogP contribution in [0.15, 0.2) is 77.2 Å². The number of nitrogens with one attached hydrogen (secondary N) is 2. The molecule has 41 heavy (non-hydrogen) atoms. The number of H-pyrrole nitrogens is 1. The van der Waals surface area contributed by atoms with Crippen molar-refractivity contribution in [1.29, 1.82) is 0 Å². The highest BCUT2D eigenvalue weighted by Gasteiger charge is 2.38. The van der Waals surface area contributed by atoms with Crippen LogP contribution in [0.2, 0.25) is 0 Å². The molecule has 1 aliphatic rings. The molecular weight excluding hydrogens is 541 g/mol. The van der Waals surface area contributed by atoms with Crippen molar-refractivity contribution in [3.8, 4) is 11.1 Å². The lowest BCUT2D eigenvalue weighted by atomic mass is 10.0. The molecule has 1 fully saturated rings. The summed E-state index contributed by atoms with van der Waals surface area (Å²) in [6.45, 7) is 9.86. The van der Waals surface area contributed by atoms with Gasteiger partial charge in [0.15, 0.2) is 0 Å². The number of aromatic nitrogens is 2. The molecule has 1 saturated carbocycles. The fourth-order valence-corrected chi connectivity index (χ4v) is 6.30. The third-order valence-electron chi connectivity index (χ3n) is 7.51. The molecule has 1 amide bonds. The van der Waals surface area contributed by atoms with Crippen LogP contribution in [0.25, 0.3) is 28.1 Å². The molecular formula is C32H32FN3O4S. The Hall–Kier alpha value is -4.24. The maximum Gasteiger partial charge on any atom is 0.282 e. The van der Waals surface area contributed by atoms with E-state index in [0.717, 1.165) is 22.3 Å². The number of pyridine rings is 1. The van der Waals surface area contributed by atoms with Gasteiger partial charge in [0.05, 0.1) is 10.8 Å². The van der Waals surface area contributed by atoms with Crippen LogP contribution in [0.5, 0.6) is 0 Å². The number of carbonyl (C=O) groups is 1. The second-order valence-corrected chi connectivity index (χ2v) is 12.5. The average Bonchev–Trinajstić information content (AvgIpc) is 3.74. The van der Waals surface area contributed by atoms with Crippen LogP contribution < -0.4 is 10.3 Å². The number of aryl methyl sites for hydroxylation is 2. The third kappa shape index (κ3) is 5.54. The minimum Gasteiger partial charge on any atom is -0.331 e. The topological polar surface area (TPSA) is 101 Å². The highest BCUT2D eigenvalue weighted by Crippen LogP contribution is 2.37. The van der Waals surface area contributed by atoms with E-state index in [-0.39, 0.29) is 23.4 Å². The maximum absolute atomic E-state index is 15.3. The van der Waals surface area contributed by atoms with E-state index in [1.54, 1.807) is 22.8 Å². The number of fused-ring (bicyclic) bond motifs is 1. The van der Waals surface area contributed by atoms with Crippen LogP contribution in [-0.4, -0.2) is 29.1 Å². The standard InChI is InChI=1S/C32H32FN3O4S/c1-5-21-16-26-28(17-27(21)33)36(18-23(19(2)3)15-22-10-7-6-9-20(22)4)30(29(26)25-11-8-14-34-31(25)37)32(38)35-41(39,40)24-12-13-24/h6-11,14-17,24H,2,5,12-13,18H2,1,3-4H3,(H,34,37)(H,35,38)/b23-15-. The number of hydrogen-bond donors (Lipinski definition) is 2.